The van der Waals surface area contributed by atoms with Crippen molar-refractivity contribution in [1.82, 2.24) is 5.32 Å². The van der Waals surface area contributed by atoms with Gasteiger partial charge in [-0.15, -0.1) is 0 Å². The second kappa shape index (κ2) is 8.74. The van der Waals surface area contributed by atoms with E-state index in [2.05, 4.69) is 25.2 Å². The maximum Gasteiger partial charge on any atom is 0.340 e. The molecule has 0 radical (unpaired) electrons. The van der Waals surface area contributed by atoms with Gasteiger partial charge in [0.05, 0.1) is 0 Å². The lowest BCUT2D eigenvalue weighted by atomic mass is 9.66. The topological polar surface area (TPSA) is 69.6 Å². The summed E-state index contributed by atoms with van der Waals surface area (Å²) in [5, 5.41) is 24.8. The first-order valence-electron chi connectivity index (χ1n) is 10.7. The number of aryl methyl sites for hydroxylation is 1. The molecule has 0 aromatic heterocycles. The van der Waals surface area contributed by atoms with Gasteiger partial charge in [-0.3, -0.25) is 0 Å². The molecular weight excluding hydrogens is 338 g/mol. The maximum absolute atomic E-state index is 12.2. The van der Waals surface area contributed by atoms with Crippen LogP contribution in [-0.2, 0) is 16.8 Å². The minimum Gasteiger partial charge on any atom is -0.479 e. The van der Waals surface area contributed by atoms with Gasteiger partial charge in [-0.2, -0.15) is 0 Å². The molecule has 0 bridgehead atoms. The average Bonchev–Trinajstić information content (AvgIpc) is 2.60. The zero-order valence-electron chi connectivity index (χ0n) is 16.8. The molecule has 27 heavy (non-hydrogen) atoms. The zero-order chi connectivity index (χ0) is 19.4. The van der Waals surface area contributed by atoms with E-state index in [0.29, 0.717) is 17.4 Å². The smallest absolute Gasteiger partial charge is 0.340 e. The quantitative estimate of drug-likeness (QED) is 0.639. The van der Waals surface area contributed by atoms with Crippen molar-refractivity contribution in [2.75, 3.05) is 13.1 Å². The highest BCUT2D eigenvalue weighted by atomic mass is 16.4. The third-order valence-corrected chi connectivity index (χ3v) is 6.60. The van der Waals surface area contributed by atoms with E-state index in [4.69, 9.17) is 0 Å². The van der Waals surface area contributed by atoms with Gasteiger partial charge < -0.3 is 15.5 Å². The molecule has 1 aliphatic carbocycles. The Morgan fingerprint density at radius 2 is 1.93 bits per heavy atom. The molecule has 1 aromatic rings. The first kappa shape index (κ1) is 20.3. The summed E-state index contributed by atoms with van der Waals surface area (Å²) < 4.78 is 0. The largest absolute Gasteiger partial charge is 0.479 e. The number of benzene rings is 1. The summed E-state index contributed by atoms with van der Waals surface area (Å²) in [5.74, 6) is -0.244. The lowest BCUT2D eigenvalue weighted by Gasteiger charge is -2.41. The maximum atomic E-state index is 12.2. The van der Waals surface area contributed by atoms with Crippen molar-refractivity contribution >= 4 is 5.97 Å². The van der Waals surface area contributed by atoms with Gasteiger partial charge in [0, 0.05) is 5.92 Å². The van der Waals surface area contributed by atoms with Gasteiger partial charge in [-0.1, -0.05) is 44.9 Å². The van der Waals surface area contributed by atoms with Crippen molar-refractivity contribution in [3.05, 3.63) is 34.9 Å². The molecular formula is C23H35NO3. The van der Waals surface area contributed by atoms with Gasteiger partial charge in [-0.05, 0) is 80.1 Å². The second-order valence-electron chi connectivity index (χ2n) is 8.89. The van der Waals surface area contributed by atoms with Gasteiger partial charge in [-0.25, -0.2) is 4.79 Å². The van der Waals surface area contributed by atoms with Crippen molar-refractivity contribution < 1.29 is 15.0 Å². The second-order valence-corrected chi connectivity index (χ2v) is 8.89. The zero-order valence-corrected chi connectivity index (χ0v) is 16.8. The minimum atomic E-state index is -1.74. The van der Waals surface area contributed by atoms with E-state index >= 15 is 0 Å². The van der Waals surface area contributed by atoms with E-state index in [9.17, 15) is 15.0 Å². The summed E-state index contributed by atoms with van der Waals surface area (Å²) in [4.78, 5) is 12.2. The van der Waals surface area contributed by atoms with E-state index < -0.39 is 11.6 Å². The Morgan fingerprint density at radius 1 is 1.22 bits per heavy atom. The van der Waals surface area contributed by atoms with Crippen molar-refractivity contribution in [1.29, 1.82) is 0 Å². The molecule has 1 atom stereocenters. The minimum absolute atomic E-state index is 0.165. The van der Waals surface area contributed by atoms with Crippen LogP contribution in [0.5, 0.6) is 0 Å². The number of carboxylic acids is 1. The lowest BCUT2D eigenvalue weighted by Crippen LogP contribution is -2.47. The summed E-state index contributed by atoms with van der Waals surface area (Å²) in [6.07, 6.45) is 7.86. The molecule has 1 aromatic carbocycles. The van der Waals surface area contributed by atoms with Crippen LogP contribution in [0.1, 0.15) is 81.4 Å². The fraction of sp³-hybridized carbons (Fsp3) is 0.696. The average molecular weight is 374 g/mol. The summed E-state index contributed by atoms with van der Waals surface area (Å²) in [6, 6.07) is 6.00. The predicted molar refractivity (Wildman–Crippen MR) is 108 cm³/mol. The fourth-order valence-corrected chi connectivity index (χ4v) is 4.79. The monoisotopic (exact) mass is 373 g/mol. The number of aliphatic hydroxyl groups is 1. The molecule has 1 aliphatic heterocycles. The van der Waals surface area contributed by atoms with E-state index in [1.165, 1.54) is 12.0 Å². The Labute approximate surface area is 163 Å². The van der Waals surface area contributed by atoms with Crippen LogP contribution in [0.2, 0.25) is 0 Å². The molecule has 1 unspecified atom stereocenters. The van der Waals surface area contributed by atoms with Crippen LogP contribution in [0.25, 0.3) is 0 Å². The Kier molecular flexibility index (Phi) is 6.59. The Balaban J connectivity index is 2.02. The number of rotatable bonds is 8. The van der Waals surface area contributed by atoms with Crippen molar-refractivity contribution in [2.45, 2.75) is 76.7 Å². The fourth-order valence-electron chi connectivity index (χ4n) is 4.79. The standard InChI is InChI=1S/C23H35NO3/c1-16(2)6-3-7-17-8-4-11-20(21(17)18-12-14-24-15-13-18)23(27,22(25)26)19-9-5-10-19/h4,8,11,16,18-19,24,27H,3,5-7,9-10,12-15H2,1-2H3,(H,25,26). The lowest BCUT2D eigenvalue weighted by molar-refractivity contribution is -0.171. The number of carbonyl (C=O) groups is 1. The third kappa shape index (κ3) is 4.22. The molecule has 0 amide bonds. The summed E-state index contributed by atoms with van der Waals surface area (Å²) in [7, 11) is 0. The van der Waals surface area contributed by atoms with Crippen molar-refractivity contribution in [2.24, 2.45) is 11.8 Å². The molecule has 1 heterocycles. The molecule has 3 N–H and O–H groups in total. The van der Waals surface area contributed by atoms with E-state index in [0.717, 1.165) is 63.6 Å². The highest BCUT2D eigenvalue weighted by Crippen LogP contribution is 2.46. The number of hydrogen-bond acceptors (Lipinski definition) is 3. The van der Waals surface area contributed by atoms with E-state index in [1.54, 1.807) is 0 Å². The number of piperidine rings is 1. The van der Waals surface area contributed by atoms with Gasteiger partial charge in [0.1, 0.15) is 0 Å². The van der Waals surface area contributed by atoms with Gasteiger partial charge >= 0.3 is 5.97 Å². The van der Waals surface area contributed by atoms with Crippen LogP contribution in [0.3, 0.4) is 0 Å². The number of nitrogens with one attached hydrogen (secondary N) is 1. The van der Waals surface area contributed by atoms with Gasteiger partial charge in [0.2, 0.25) is 0 Å². The number of carboxylic acid groups (broad SMARTS) is 1. The van der Waals surface area contributed by atoms with Crippen LogP contribution in [0, 0.1) is 11.8 Å². The molecule has 2 fully saturated rings. The SMILES string of the molecule is CC(C)CCCc1cccc(C(O)(C(=O)O)C2CCC2)c1C1CCNCC1. The van der Waals surface area contributed by atoms with Gasteiger partial charge in [0.15, 0.2) is 5.60 Å². The Bertz CT molecular complexity index is 647. The van der Waals surface area contributed by atoms with Crippen molar-refractivity contribution in [3.63, 3.8) is 0 Å². The van der Waals surface area contributed by atoms with Crippen LogP contribution in [0.15, 0.2) is 18.2 Å². The normalized spacial score (nSPS) is 21.0. The predicted octanol–water partition coefficient (Wildman–Crippen LogP) is 4.20. The Hall–Kier alpha value is -1.39. The molecule has 1 saturated carbocycles. The first-order chi connectivity index (χ1) is 12.9. The molecule has 3 rings (SSSR count). The number of aliphatic carboxylic acids is 1. The highest BCUT2D eigenvalue weighted by Gasteiger charge is 2.50. The molecule has 2 aliphatic rings. The van der Waals surface area contributed by atoms with Crippen molar-refractivity contribution in [3.8, 4) is 0 Å². The summed E-state index contributed by atoms with van der Waals surface area (Å²) in [6.45, 7) is 6.40. The van der Waals surface area contributed by atoms with E-state index in [1.807, 2.05) is 12.1 Å². The third-order valence-electron chi connectivity index (χ3n) is 6.60. The molecule has 150 valence electrons. The van der Waals surface area contributed by atoms with Gasteiger partial charge in [0.25, 0.3) is 0 Å². The molecule has 4 nitrogen and oxygen atoms in total. The van der Waals surface area contributed by atoms with E-state index in [-0.39, 0.29) is 5.92 Å². The summed E-state index contributed by atoms with van der Waals surface area (Å²) in [5.41, 5.74) is 1.32. The molecule has 1 saturated heterocycles. The number of hydrogen-bond donors (Lipinski definition) is 3. The highest BCUT2D eigenvalue weighted by molar-refractivity contribution is 5.80. The van der Waals surface area contributed by atoms with Crippen LogP contribution in [0.4, 0.5) is 0 Å². The first-order valence-corrected chi connectivity index (χ1v) is 10.7. The molecule has 0 spiro atoms. The van der Waals surface area contributed by atoms with Crippen LogP contribution in [-0.4, -0.2) is 29.3 Å². The molecule has 4 heteroatoms. The Morgan fingerprint density at radius 3 is 2.48 bits per heavy atom. The van der Waals surface area contributed by atoms with Crippen LogP contribution < -0.4 is 5.32 Å². The van der Waals surface area contributed by atoms with Crippen LogP contribution >= 0.6 is 0 Å². The summed E-state index contributed by atoms with van der Waals surface area (Å²) >= 11 is 0.